The van der Waals surface area contributed by atoms with Gasteiger partial charge in [0.15, 0.2) is 5.96 Å². The van der Waals surface area contributed by atoms with Crippen molar-refractivity contribution in [3.05, 3.63) is 47.4 Å². The standard InChI is InChI=1S/C18H27ClN6/c1-20-18(25(3)14-16-12-15(19)13-24(16)2)23-11-7-6-10-22-17-8-4-5-9-21-17/h4-5,8-9,12-13H,6-7,10-11,14H2,1-3H3,(H,20,23)(H,21,22). The van der Waals surface area contributed by atoms with Crippen LogP contribution in [-0.4, -0.2) is 47.6 Å². The van der Waals surface area contributed by atoms with Crippen molar-refractivity contribution in [2.75, 3.05) is 32.5 Å². The molecule has 0 saturated carbocycles. The first kappa shape index (κ1) is 19.1. The van der Waals surface area contributed by atoms with Gasteiger partial charge in [0.25, 0.3) is 0 Å². The minimum absolute atomic E-state index is 0.754. The molecule has 2 aromatic rings. The van der Waals surface area contributed by atoms with E-state index in [2.05, 4.69) is 25.5 Å². The monoisotopic (exact) mass is 362 g/mol. The SMILES string of the molecule is CN=C(NCCCCNc1ccccn1)N(C)Cc1cc(Cl)cn1C. The highest BCUT2D eigenvalue weighted by atomic mass is 35.5. The molecule has 136 valence electrons. The Bertz CT molecular complexity index is 667. The molecule has 0 fully saturated rings. The predicted octanol–water partition coefficient (Wildman–Crippen LogP) is 2.97. The minimum atomic E-state index is 0.754. The number of unbranched alkanes of at least 4 members (excludes halogenated alkanes) is 1. The van der Waals surface area contributed by atoms with Crippen molar-refractivity contribution in [2.24, 2.45) is 12.0 Å². The number of aromatic nitrogens is 2. The Morgan fingerprint density at radius 1 is 1.32 bits per heavy atom. The van der Waals surface area contributed by atoms with Gasteiger partial charge in [0.05, 0.1) is 11.6 Å². The molecule has 0 aliphatic rings. The summed E-state index contributed by atoms with van der Waals surface area (Å²) in [6.45, 7) is 2.55. The average molecular weight is 363 g/mol. The Hall–Kier alpha value is -2.21. The summed E-state index contributed by atoms with van der Waals surface area (Å²) >= 11 is 6.04. The Morgan fingerprint density at radius 2 is 2.12 bits per heavy atom. The zero-order chi connectivity index (χ0) is 18.1. The first-order chi connectivity index (χ1) is 12.1. The molecular weight excluding hydrogens is 336 g/mol. The summed E-state index contributed by atoms with van der Waals surface area (Å²) in [4.78, 5) is 10.7. The second kappa shape index (κ2) is 9.93. The van der Waals surface area contributed by atoms with Crippen LogP contribution >= 0.6 is 11.6 Å². The van der Waals surface area contributed by atoms with Gasteiger partial charge >= 0.3 is 0 Å². The summed E-state index contributed by atoms with van der Waals surface area (Å²) in [5, 5.41) is 7.48. The summed E-state index contributed by atoms with van der Waals surface area (Å²) in [6, 6.07) is 7.86. The number of hydrogen-bond donors (Lipinski definition) is 2. The maximum atomic E-state index is 6.04. The number of nitrogens with one attached hydrogen (secondary N) is 2. The van der Waals surface area contributed by atoms with Crippen molar-refractivity contribution < 1.29 is 0 Å². The van der Waals surface area contributed by atoms with Gasteiger partial charge in [0.2, 0.25) is 0 Å². The van der Waals surface area contributed by atoms with Crippen molar-refractivity contribution in [3.63, 3.8) is 0 Å². The van der Waals surface area contributed by atoms with E-state index in [1.54, 1.807) is 13.2 Å². The molecule has 0 saturated heterocycles. The van der Waals surface area contributed by atoms with E-state index in [4.69, 9.17) is 11.6 Å². The van der Waals surface area contributed by atoms with Crippen molar-refractivity contribution in [1.29, 1.82) is 0 Å². The minimum Gasteiger partial charge on any atom is -0.370 e. The van der Waals surface area contributed by atoms with E-state index in [0.717, 1.165) is 55.0 Å². The molecule has 0 radical (unpaired) electrons. The summed E-state index contributed by atoms with van der Waals surface area (Å²) < 4.78 is 2.04. The molecule has 2 aromatic heterocycles. The summed E-state index contributed by atoms with van der Waals surface area (Å²) in [6.07, 6.45) is 5.83. The lowest BCUT2D eigenvalue weighted by Gasteiger charge is -2.22. The largest absolute Gasteiger partial charge is 0.370 e. The molecule has 0 unspecified atom stereocenters. The van der Waals surface area contributed by atoms with Crippen LogP contribution in [-0.2, 0) is 13.6 Å². The van der Waals surface area contributed by atoms with Crippen LogP contribution in [0.2, 0.25) is 5.02 Å². The highest BCUT2D eigenvalue weighted by Crippen LogP contribution is 2.14. The van der Waals surface area contributed by atoms with Gasteiger partial charge in [-0.2, -0.15) is 0 Å². The number of nitrogens with zero attached hydrogens (tertiary/aromatic N) is 4. The maximum absolute atomic E-state index is 6.04. The Balaban J connectivity index is 1.66. The fraction of sp³-hybridized carbons (Fsp3) is 0.444. The fourth-order valence-electron chi connectivity index (χ4n) is 2.56. The first-order valence-corrected chi connectivity index (χ1v) is 8.85. The zero-order valence-electron chi connectivity index (χ0n) is 15.2. The second-order valence-corrected chi connectivity index (χ2v) is 6.38. The number of rotatable bonds is 8. The van der Waals surface area contributed by atoms with Gasteiger partial charge < -0.3 is 20.1 Å². The first-order valence-electron chi connectivity index (χ1n) is 8.47. The van der Waals surface area contributed by atoms with Crippen LogP contribution < -0.4 is 10.6 Å². The van der Waals surface area contributed by atoms with Crippen LogP contribution in [0.3, 0.4) is 0 Å². The third-order valence-corrected chi connectivity index (χ3v) is 4.11. The number of aryl methyl sites for hydroxylation is 1. The van der Waals surface area contributed by atoms with Crippen LogP contribution in [0.5, 0.6) is 0 Å². The molecule has 0 aliphatic heterocycles. The lowest BCUT2D eigenvalue weighted by Crippen LogP contribution is -2.39. The molecule has 25 heavy (non-hydrogen) atoms. The van der Waals surface area contributed by atoms with E-state index >= 15 is 0 Å². The van der Waals surface area contributed by atoms with E-state index < -0.39 is 0 Å². The van der Waals surface area contributed by atoms with Gasteiger partial charge in [-0.15, -0.1) is 0 Å². The van der Waals surface area contributed by atoms with E-state index in [9.17, 15) is 0 Å². The number of guanidine groups is 1. The molecule has 7 heteroatoms. The molecular formula is C18H27ClN6. The Kier molecular flexibility index (Phi) is 7.60. The van der Waals surface area contributed by atoms with Crippen LogP contribution in [0, 0.1) is 0 Å². The normalized spacial score (nSPS) is 11.4. The second-order valence-electron chi connectivity index (χ2n) is 5.94. The summed E-state index contributed by atoms with van der Waals surface area (Å²) in [5.74, 6) is 1.81. The topological polar surface area (TPSA) is 57.5 Å². The van der Waals surface area contributed by atoms with E-state index in [-0.39, 0.29) is 0 Å². The highest BCUT2D eigenvalue weighted by Gasteiger charge is 2.09. The van der Waals surface area contributed by atoms with Gasteiger partial charge in [0, 0.05) is 52.3 Å². The number of hydrogen-bond acceptors (Lipinski definition) is 3. The number of anilines is 1. The summed E-state index contributed by atoms with van der Waals surface area (Å²) in [7, 11) is 5.83. The van der Waals surface area contributed by atoms with Crippen molar-refractivity contribution >= 4 is 23.4 Å². The molecule has 0 bridgehead atoms. The molecule has 0 spiro atoms. The zero-order valence-corrected chi connectivity index (χ0v) is 15.9. The number of aliphatic imine (C=N–C) groups is 1. The fourth-order valence-corrected chi connectivity index (χ4v) is 2.83. The van der Waals surface area contributed by atoms with Gasteiger partial charge in [-0.1, -0.05) is 17.7 Å². The van der Waals surface area contributed by atoms with Crippen LogP contribution in [0.1, 0.15) is 18.5 Å². The van der Waals surface area contributed by atoms with Crippen LogP contribution in [0.15, 0.2) is 41.7 Å². The highest BCUT2D eigenvalue weighted by molar-refractivity contribution is 6.30. The predicted molar refractivity (Wildman–Crippen MR) is 105 cm³/mol. The number of pyridine rings is 1. The van der Waals surface area contributed by atoms with Crippen LogP contribution in [0.4, 0.5) is 5.82 Å². The smallest absolute Gasteiger partial charge is 0.193 e. The molecule has 2 rings (SSSR count). The Morgan fingerprint density at radius 3 is 2.76 bits per heavy atom. The van der Waals surface area contributed by atoms with Crippen molar-refractivity contribution in [1.82, 2.24) is 19.8 Å². The van der Waals surface area contributed by atoms with Gasteiger partial charge in [-0.25, -0.2) is 4.98 Å². The van der Waals surface area contributed by atoms with Crippen LogP contribution in [0.25, 0.3) is 0 Å². The molecule has 6 nitrogen and oxygen atoms in total. The lowest BCUT2D eigenvalue weighted by molar-refractivity contribution is 0.460. The molecule has 2 N–H and O–H groups in total. The molecule has 2 heterocycles. The molecule has 0 aromatic carbocycles. The van der Waals surface area contributed by atoms with Crippen molar-refractivity contribution in [3.8, 4) is 0 Å². The Labute approximate surface area is 154 Å². The molecule has 0 atom stereocenters. The number of halogens is 1. The maximum Gasteiger partial charge on any atom is 0.193 e. The molecule has 0 aliphatic carbocycles. The van der Waals surface area contributed by atoms with E-state index in [1.807, 2.05) is 49.1 Å². The van der Waals surface area contributed by atoms with Gasteiger partial charge in [-0.05, 0) is 31.0 Å². The lowest BCUT2D eigenvalue weighted by atomic mass is 10.3. The van der Waals surface area contributed by atoms with Gasteiger partial charge in [-0.3, -0.25) is 4.99 Å². The van der Waals surface area contributed by atoms with Crippen molar-refractivity contribution in [2.45, 2.75) is 19.4 Å². The summed E-state index contributed by atoms with van der Waals surface area (Å²) in [5.41, 5.74) is 1.15. The third kappa shape index (κ3) is 6.31. The average Bonchev–Trinajstić information content (AvgIpc) is 2.92. The van der Waals surface area contributed by atoms with E-state index in [0.29, 0.717) is 0 Å². The van der Waals surface area contributed by atoms with Gasteiger partial charge in [0.1, 0.15) is 5.82 Å². The third-order valence-electron chi connectivity index (χ3n) is 3.90. The van der Waals surface area contributed by atoms with E-state index in [1.165, 1.54) is 0 Å². The quantitative estimate of drug-likeness (QED) is 0.430. The molecule has 0 amide bonds.